The van der Waals surface area contributed by atoms with E-state index in [-0.39, 0.29) is 48.0 Å². The van der Waals surface area contributed by atoms with Crippen LogP contribution in [0.15, 0.2) is 30.3 Å². The van der Waals surface area contributed by atoms with Crippen LogP contribution in [0.3, 0.4) is 0 Å². The van der Waals surface area contributed by atoms with Crippen LogP contribution in [-0.4, -0.2) is 46.8 Å². The molecule has 3 amide bonds. The fourth-order valence-corrected chi connectivity index (χ4v) is 3.08. The predicted molar refractivity (Wildman–Crippen MR) is 90.0 cm³/mol. The van der Waals surface area contributed by atoms with Gasteiger partial charge in [-0.25, -0.2) is 0 Å². The molecule has 124 valence electrons. The SMILES string of the molecule is C[C@H](N[C@H](C)c1ccccc1)C(=O)NCCN1C(=O)CSC1=O. The molecule has 2 atom stereocenters. The second-order valence-corrected chi connectivity index (χ2v) is 6.34. The molecule has 1 aromatic rings. The van der Waals surface area contributed by atoms with Crippen molar-refractivity contribution in [3.05, 3.63) is 35.9 Å². The first-order valence-electron chi connectivity index (χ1n) is 7.55. The highest BCUT2D eigenvalue weighted by Crippen LogP contribution is 2.17. The minimum absolute atomic E-state index is 0.0510. The summed E-state index contributed by atoms with van der Waals surface area (Å²) in [7, 11) is 0. The van der Waals surface area contributed by atoms with Crippen molar-refractivity contribution in [2.75, 3.05) is 18.8 Å². The predicted octanol–water partition coefficient (Wildman–Crippen LogP) is 1.54. The third-order valence-electron chi connectivity index (χ3n) is 3.67. The molecule has 0 saturated carbocycles. The van der Waals surface area contributed by atoms with Gasteiger partial charge >= 0.3 is 0 Å². The number of amides is 3. The van der Waals surface area contributed by atoms with E-state index < -0.39 is 0 Å². The Morgan fingerprint density at radius 2 is 1.96 bits per heavy atom. The van der Waals surface area contributed by atoms with E-state index in [0.717, 1.165) is 17.3 Å². The van der Waals surface area contributed by atoms with Gasteiger partial charge in [-0.05, 0) is 19.4 Å². The van der Waals surface area contributed by atoms with Crippen molar-refractivity contribution in [3.8, 4) is 0 Å². The Balaban J connectivity index is 1.74. The van der Waals surface area contributed by atoms with E-state index in [0.29, 0.717) is 0 Å². The summed E-state index contributed by atoms with van der Waals surface area (Å²) in [6, 6.07) is 9.56. The Labute approximate surface area is 140 Å². The van der Waals surface area contributed by atoms with Gasteiger partial charge in [0, 0.05) is 19.1 Å². The van der Waals surface area contributed by atoms with Gasteiger partial charge in [0.15, 0.2) is 0 Å². The van der Waals surface area contributed by atoms with Gasteiger partial charge in [0.05, 0.1) is 11.8 Å². The fourth-order valence-electron chi connectivity index (χ4n) is 2.33. The fraction of sp³-hybridized carbons (Fsp3) is 0.438. The molecule has 1 aromatic carbocycles. The van der Waals surface area contributed by atoms with Crippen LogP contribution in [0.4, 0.5) is 4.79 Å². The second kappa shape index (κ2) is 8.12. The summed E-state index contributed by atoms with van der Waals surface area (Å²) in [5, 5.41) is 5.74. The van der Waals surface area contributed by atoms with E-state index in [1.54, 1.807) is 6.92 Å². The third-order valence-corrected chi connectivity index (χ3v) is 4.53. The first-order valence-corrected chi connectivity index (χ1v) is 8.53. The lowest BCUT2D eigenvalue weighted by atomic mass is 10.1. The van der Waals surface area contributed by atoms with Crippen LogP contribution in [0.2, 0.25) is 0 Å². The van der Waals surface area contributed by atoms with E-state index in [4.69, 9.17) is 0 Å². The van der Waals surface area contributed by atoms with E-state index in [2.05, 4.69) is 10.6 Å². The van der Waals surface area contributed by atoms with Gasteiger partial charge < -0.3 is 5.32 Å². The number of rotatable bonds is 7. The van der Waals surface area contributed by atoms with Gasteiger partial charge in [-0.15, -0.1) is 0 Å². The zero-order valence-corrected chi connectivity index (χ0v) is 14.1. The van der Waals surface area contributed by atoms with Crippen LogP contribution in [0.25, 0.3) is 0 Å². The van der Waals surface area contributed by atoms with Crippen LogP contribution < -0.4 is 10.6 Å². The molecule has 1 aliphatic heterocycles. The molecule has 1 saturated heterocycles. The van der Waals surface area contributed by atoms with Crippen molar-refractivity contribution in [1.82, 2.24) is 15.5 Å². The number of carbonyl (C=O) groups excluding carboxylic acids is 3. The van der Waals surface area contributed by atoms with Gasteiger partial charge in [0.25, 0.3) is 5.24 Å². The molecule has 0 radical (unpaired) electrons. The molecule has 0 spiro atoms. The molecular formula is C16H21N3O3S. The molecule has 0 aliphatic carbocycles. The first-order chi connectivity index (χ1) is 11.0. The largest absolute Gasteiger partial charge is 0.353 e. The van der Waals surface area contributed by atoms with Crippen LogP contribution in [0.1, 0.15) is 25.5 Å². The van der Waals surface area contributed by atoms with Crippen molar-refractivity contribution >= 4 is 28.8 Å². The summed E-state index contributed by atoms with van der Waals surface area (Å²) in [4.78, 5) is 36.2. The number of hydrogen-bond donors (Lipinski definition) is 2. The third kappa shape index (κ3) is 4.80. The van der Waals surface area contributed by atoms with Gasteiger partial charge in [0.2, 0.25) is 11.8 Å². The number of carbonyl (C=O) groups is 3. The summed E-state index contributed by atoms with van der Waals surface area (Å²) < 4.78 is 0. The van der Waals surface area contributed by atoms with Crippen LogP contribution in [0, 0.1) is 0 Å². The first kappa shape index (κ1) is 17.5. The van der Waals surface area contributed by atoms with E-state index in [1.165, 1.54) is 4.90 Å². The van der Waals surface area contributed by atoms with Crippen molar-refractivity contribution in [1.29, 1.82) is 0 Å². The number of imide groups is 1. The number of benzene rings is 1. The summed E-state index contributed by atoms with van der Waals surface area (Å²) in [6.45, 7) is 4.27. The lowest BCUT2D eigenvalue weighted by molar-refractivity contribution is -0.126. The highest BCUT2D eigenvalue weighted by Gasteiger charge is 2.29. The lowest BCUT2D eigenvalue weighted by Gasteiger charge is -2.20. The number of nitrogens with one attached hydrogen (secondary N) is 2. The lowest BCUT2D eigenvalue weighted by Crippen LogP contribution is -2.45. The van der Waals surface area contributed by atoms with Gasteiger partial charge in [0.1, 0.15) is 0 Å². The minimum Gasteiger partial charge on any atom is -0.353 e. The minimum atomic E-state index is -0.371. The summed E-state index contributed by atoms with van der Waals surface area (Å²) in [6.07, 6.45) is 0. The highest BCUT2D eigenvalue weighted by atomic mass is 32.2. The quantitative estimate of drug-likeness (QED) is 0.790. The maximum absolute atomic E-state index is 12.1. The van der Waals surface area contributed by atoms with Gasteiger partial charge in [-0.2, -0.15) is 0 Å². The van der Waals surface area contributed by atoms with E-state index in [1.807, 2.05) is 37.3 Å². The van der Waals surface area contributed by atoms with Crippen molar-refractivity contribution < 1.29 is 14.4 Å². The summed E-state index contributed by atoms with van der Waals surface area (Å²) in [5.74, 6) is -0.156. The number of hydrogen-bond acceptors (Lipinski definition) is 5. The normalized spacial score (nSPS) is 17.2. The molecular weight excluding hydrogens is 314 g/mol. The Kier molecular flexibility index (Phi) is 6.18. The van der Waals surface area contributed by atoms with Crippen molar-refractivity contribution in [2.45, 2.75) is 25.9 Å². The Morgan fingerprint density at radius 1 is 1.26 bits per heavy atom. The molecule has 1 aliphatic rings. The van der Waals surface area contributed by atoms with Crippen molar-refractivity contribution in [3.63, 3.8) is 0 Å². The van der Waals surface area contributed by atoms with Crippen LogP contribution in [-0.2, 0) is 9.59 Å². The van der Waals surface area contributed by atoms with Crippen LogP contribution >= 0.6 is 11.8 Å². The standard InChI is InChI=1S/C16H21N3O3S/c1-11(13-6-4-3-5-7-13)18-12(2)15(21)17-8-9-19-14(20)10-23-16(19)22/h3-7,11-12,18H,8-10H2,1-2H3,(H,17,21)/t11-,12+/m1/s1. The molecule has 0 aromatic heterocycles. The summed E-state index contributed by atoms with van der Waals surface area (Å²) >= 11 is 0.997. The molecule has 0 bridgehead atoms. The van der Waals surface area contributed by atoms with Crippen molar-refractivity contribution in [2.24, 2.45) is 0 Å². The highest BCUT2D eigenvalue weighted by molar-refractivity contribution is 8.14. The second-order valence-electron chi connectivity index (χ2n) is 5.41. The molecule has 0 unspecified atom stereocenters. The average molecular weight is 335 g/mol. The maximum atomic E-state index is 12.1. The summed E-state index contributed by atoms with van der Waals surface area (Å²) in [5.41, 5.74) is 1.11. The zero-order chi connectivity index (χ0) is 16.8. The van der Waals surface area contributed by atoms with Crippen LogP contribution in [0.5, 0.6) is 0 Å². The van der Waals surface area contributed by atoms with E-state index in [9.17, 15) is 14.4 Å². The number of nitrogens with zero attached hydrogens (tertiary/aromatic N) is 1. The topological polar surface area (TPSA) is 78.5 Å². The molecule has 7 heteroatoms. The molecule has 2 rings (SSSR count). The molecule has 6 nitrogen and oxygen atoms in total. The molecule has 2 N–H and O–H groups in total. The molecule has 1 heterocycles. The maximum Gasteiger partial charge on any atom is 0.288 e. The average Bonchev–Trinajstić information content (AvgIpc) is 2.87. The Hall–Kier alpha value is -1.86. The zero-order valence-electron chi connectivity index (χ0n) is 13.2. The molecule has 1 fully saturated rings. The molecule has 23 heavy (non-hydrogen) atoms. The smallest absolute Gasteiger partial charge is 0.288 e. The van der Waals surface area contributed by atoms with E-state index >= 15 is 0 Å². The Bertz CT molecular complexity index is 563. The Morgan fingerprint density at radius 3 is 2.57 bits per heavy atom. The number of thioether (sulfide) groups is 1. The monoisotopic (exact) mass is 335 g/mol. The van der Waals surface area contributed by atoms with Gasteiger partial charge in [-0.1, -0.05) is 42.1 Å². The van der Waals surface area contributed by atoms with Gasteiger partial charge in [-0.3, -0.25) is 24.6 Å².